The molecule has 0 heterocycles. The minimum atomic E-state index is -0.0516. The summed E-state index contributed by atoms with van der Waals surface area (Å²) in [5.41, 5.74) is 2.68. The highest BCUT2D eigenvalue weighted by molar-refractivity contribution is 5.94. The van der Waals surface area contributed by atoms with Crippen LogP contribution in [0.3, 0.4) is 0 Å². The number of anilines is 1. The molecule has 0 saturated heterocycles. The lowest BCUT2D eigenvalue weighted by Gasteiger charge is -2.18. The maximum Gasteiger partial charge on any atom is 0.253 e. The Bertz CT molecular complexity index is 695. The van der Waals surface area contributed by atoms with Crippen LogP contribution in [0.25, 0.3) is 0 Å². The molecule has 5 nitrogen and oxygen atoms in total. The van der Waals surface area contributed by atoms with Crippen molar-refractivity contribution < 1.29 is 9.59 Å². The van der Waals surface area contributed by atoms with E-state index in [1.807, 2.05) is 56.3 Å². The van der Waals surface area contributed by atoms with E-state index >= 15 is 0 Å². The number of hydrogen-bond acceptors (Lipinski definition) is 3. The zero-order chi connectivity index (χ0) is 18.8. The van der Waals surface area contributed by atoms with Gasteiger partial charge in [-0.05, 0) is 50.1 Å². The molecule has 0 spiro atoms. The highest BCUT2D eigenvalue weighted by Crippen LogP contribution is 2.11. The van der Waals surface area contributed by atoms with E-state index in [-0.39, 0.29) is 18.4 Å². The third-order valence-electron chi connectivity index (χ3n) is 4.21. The zero-order valence-corrected chi connectivity index (χ0v) is 15.5. The predicted octanol–water partition coefficient (Wildman–Crippen LogP) is 2.94. The molecule has 0 unspecified atom stereocenters. The molecule has 2 aromatic carbocycles. The van der Waals surface area contributed by atoms with Gasteiger partial charge in [0.1, 0.15) is 0 Å². The van der Waals surface area contributed by atoms with Crippen LogP contribution in [0.1, 0.15) is 29.8 Å². The summed E-state index contributed by atoms with van der Waals surface area (Å²) in [5.74, 6) is -0.0237. The first kappa shape index (κ1) is 19.5. The number of benzene rings is 2. The molecule has 2 N–H and O–H groups in total. The molecule has 138 valence electrons. The number of nitrogens with zero attached hydrogens (tertiary/aromatic N) is 1. The normalized spacial score (nSPS) is 10.2. The van der Waals surface area contributed by atoms with Crippen molar-refractivity contribution in [1.29, 1.82) is 0 Å². The minimum absolute atomic E-state index is 0.0280. The molecule has 2 aromatic rings. The topological polar surface area (TPSA) is 61.4 Å². The Hall–Kier alpha value is -2.82. The summed E-state index contributed by atoms with van der Waals surface area (Å²) >= 11 is 0. The van der Waals surface area contributed by atoms with Crippen LogP contribution in [-0.4, -0.2) is 42.9 Å². The van der Waals surface area contributed by atoms with Crippen molar-refractivity contribution in [1.82, 2.24) is 10.2 Å². The van der Waals surface area contributed by atoms with E-state index < -0.39 is 0 Å². The van der Waals surface area contributed by atoms with Gasteiger partial charge in [0, 0.05) is 30.9 Å². The Morgan fingerprint density at radius 2 is 1.58 bits per heavy atom. The highest BCUT2D eigenvalue weighted by Gasteiger charge is 2.11. The average Bonchev–Trinajstić information content (AvgIpc) is 2.68. The third kappa shape index (κ3) is 5.92. The second-order valence-electron chi connectivity index (χ2n) is 5.99. The molecule has 0 fully saturated rings. The molecular weight excluding hydrogens is 326 g/mol. The van der Waals surface area contributed by atoms with Gasteiger partial charge in [0.05, 0.1) is 6.54 Å². The quantitative estimate of drug-likeness (QED) is 0.729. The summed E-state index contributed by atoms with van der Waals surface area (Å²) in [7, 11) is 0. The van der Waals surface area contributed by atoms with E-state index in [9.17, 15) is 9.59 Å². The van der Waals surface area contributed by atoms with E-state index in [0.29, 0.717) is 25.2 Å². The molecule has 5 heteroatoms. The van der Waals surface area contributed by atoms with Gasteiger partial charge < -0.3 is 15.5 Å². The van der Waals surface area contributed by atoms with Crippen molar-refractivity contribution >= 4 is 17.5 Å². The van der Waals surface area contributed by atoms with Gasteiger partial charge in [0.2, 0.25) is 5.91 Å². The summed E-state index contributed by atoms with van der Waals surface area (Å²) in [6, 6.07) is 17.3. The molecule has 0 aromatic heterocycles. The first-order chi connectivity index (χ1) is 12.6. The Labute approximate surface area is 155 Å². The summed E-state index contributed by atoms with van der Waals surface area (Å²) in [4.78, 5) is 26.0. The monoisotopic (exact) mass is 353 g/mol. The second kappa shape index (κ2) is 10.2. The Balaban J connectivity index is 1.75. The zero-order valence-electron chi connectivity index (χ0n) is 15.5. The number of hydrogen-bond donors (Lipinski definition) is 2. The molecule has 0 bridgehead atoms. The molecule has 2 rings (SSSR count). The van der Waals surface area contributed by atoms with E-state index in [2.05, 4.69) is 10.6 Å². The molecule has 2 amide bonds. The van der Waals surface area contributed by atoms with Crippen LogP contribution in [0.2, 0.25) is 0 Å². The molecule has 0 atom stereocenters. The maximum atomic E-state index is 12.3. The highest BCUT2D eigenvalue weighted by atomic mass is 16.2. The van der Waals surface area contributed by atoms with Gasteiger partial charge in [-0.3, -0.25) is 9.59 Å². The molecule has 26 heavy (non-hydrogen) atoms. The minimum Gasteiger partial charge on any atom is -0.376 e. The van der Waals surface area contributed by atoms with Crippen LogP contribution in [0.15, 0.2) is 54.6 Å². The molecule has 0 aliphatic carbocycles. The van der Waals surface area contributed by atoms with Crippen LogP contribution >= 0.6 is 0 Å². The lowest BCUT2D eigenvalue weighted by Crippen LogP contribution is -2.31. The van der Waals surface area contributed by atoms with E-state index in [0.717, 1.165) is 12.1 Å². The van der Waals surface area contributed by atoms with E-state index in [1.165, 1.54) is 5.56 Å². The standard InChI is InChI=1S/C21H27N3O2/c1-3-24(4-2)21(26)18-10-12-19(13-11-18)23-16-20(25)22-15-14-17-8-6-5-7-9-17/h5-13,23H,3-4,14-16H2,1-2H3,(H,22,25). The number of carbonyl (C=O) groups excluding carboxylic acids is 2. The lowest BCUT2D eigenvalue weighted by molar-refractivity contribution is -0.119. The van der Waals surface area contributed by atoms with Gasteiger partial charge in [-0.2, -0.15) is 0 Å². The number of nitrogens with one attached hydrogen (secondary N) is 2. The summed E-state index contributed by atoms with van der Waals surface area (Å²) in [5, 5.41) is 5.98. The predicted molar refractivity (Wildman–Crippen MR) is 105 cm³/mol. The van der Waals surface area contributed by atoms with Crippen LogP contribution in [0, 0.1) is 0 Å². The first-order valence-electron chi connectivity index (χ1n) is 9.07. The van der Waals surface area contributed by atoms with Crippen LogP contribution in [-0.2, 0) is 11.2 Å². The fourth-order valence-electron chi connectivity index (χ4n) is 2.66. The van der Waals surface area contributed by atoms with Gasteiger partial charge >= 0.3 is 0 Å². The van der Waals surface area contributed by atoms with Crippen molar-refractivity contribution in [3.63, 3.8) is 0 Å². The Morgan fingerprint density at radius 3 is 2.19 bits per heavy atom. The fraction of sp³-hybridized carbons (Fsp3) is 0.333. The van der Waals surface area contributed by atoms with Gasteiger partial charge in [-0.25, -0.2) is 0 Å². The van der Waals surface area contributed by atoms with Crippen molar-refractivity contribution in [3.8, 4) is 0 Å². The van der Waals surface area contributed by atoms with Crippen LogP contribution in [0.5, 0.6) is 0 Å². The Kier molecular flexibility index (Phi) is 7.68. The summed E-state index contributed by atoms with van der Waals surface area (Å²) < 4.78 is 0. The van der Waals surface area contributed by atoms with Gasteiger partial charge in [-0.1, -0.05) is 30.3 Å². The number of carbonyl (C=O) groups is 2. The molecule has 0 aliphatic rings. The van der Waals surface area contributed by atoms with Crippen molar-refractivity contribution in [2.24, 2.45) is 0 Å². The van der Waals surface area contributed by atoms with Gasteiger partial charge in [0.25, 0.3) is 5.91 Å². The second-order valence-corrected chi connectivity index (χ2v) is 5.99. The van der Waals surface area contributed by atoms with Crippen molar-refractivity contribution in [2.45, 2.75) is 20.3 Å². The fourth-order valence-corrected chi connectivity index (χ4v) is 2.66. The molecule has 0 saturated carbocycles. The van der Waals surface area contributed by atoms with Crippen LogP contribution < -0.4 is 10.6 Å². The smallest absolute Gasteiger partial charge is 0.253 e. The Morgan fingerprint density at radius 1 is 0.923 bits per heavy atom. The summed E-state index contributed by atoms with van der Waals surface area (Å²) in [6.45, 7) is 6.14. The average molecular weight is 353 g/mol. The first-order valence-corrected chi connectivity index (χ1v) is 9.07. The largest absolute Gasteiger partial charge is 0.376 e. The van der Waals surface area contributed by atoms with E-state index in [4.69, 9.17) is 0 Å². The number of amides is 2. The van der Waals surface area contributed by atoms with E-state index in [1.54, 1.807) is 17.0 Å². The summed E-state index contributed by atoms with van der Waals surface area (Å²) in [6.07, 6.45) is 0.814. The van der Waals surface area contributed by atoms with Gasteiger partial charge in [-0.15, -0.1) is 0 Å². The maximum absolute atomic E-state index is 12.3. The third-order valence-corrected chi connectivity index (χ3v) is 4.21. The van der Waals surface area contributed by atoms with Crippen molar-refractivity contribution in [3.05, 3.63) is 65.7 Å². The molecular formula is C21H27N3O2. The van der Waals surface area contributed by atoms with Crippen molar-refractivity contribution in [2.75, 3.05) is 31.5 Å². The van der Waals surface area contributed by atoms with Gasteiger partial charge in [0.15, 0.2) is 0 Å². The molecule has 0 radical (unpaired) electrons. The molecule has 0 aliphatic heterocycles. The lowest BCUT2D eigenvalue weighted by atomic mass is 10.1. The SMILES string of the molecule is CCN(CC)C(=O)c1ccc(NCC(=O)NCCc2ccccc2)cc1. The number of rotatable bonds is 9. The van der Waals surface area contributed by atoms with Crippen LogP contribution in [0.4, 0.5) is 5.69 Å².